The average Bonchev–Trinajstić information content (AvgIpc) is 3.01. The molecular formula is C18H25FN4S2. The van der Waals surface area contributed by atoms with Crippen LogP contribution in [0.5, 0.6) is 0 Å². The Bertz CT molecular complexity index is 700. The Balaban J connectivity index is 1.78. The van der Waals surface area contributed by atoms with E-state index >= 15 is 0 Å². The predicted molar refractivity (Wildman–Crippen MR) is 107 cm³/mol. The average molecular weight is 381 g/mol. The molecule has 2 N–H and O–H groups in total. The summed E-state index contributed by atoms with van der Waals surface area (Å²) in [6, 6.07) is 4.96. The lowest BCUT2D eigenvalue weighted by Gasteiger charge is -2.14. The number of aliphatic imine (C=N–C) groups is 1. The van der Waals surface area contributed by atoms with Gasteiger partial charge in [-0.25, -0.2) is 9.37 Å². The van der Waals surface area contributed by atoms with Crippen LogP contribution in [0.4, 0.5) is 4.39 Å². The van der Waals surface area contributed by atoms with Crippen LogP contribution >= 0.6 is 23.1 Å². The van der Waals surface area contributed by atoms with Gasteiger partial charge in [-0.05, 0) is 42.9 Å². The van der Waals surface area contributed by atoms with E-state index < -0.39 is 0 Å². The van der Waals surface area contributed by atoms with Crippen molar-refractivity contribution in [2.75, 3.05) is 19.8 Å². The van der Waals surface area contributed by atoms with Crippen molar-refractivity contribution in [2.24, 2.45) is 4.99 Å². The Kier molecular flexibility index (Phi) is 8.21. The smallest absolute Gasteiger partial charge is 0.191 e. The lowest BCUT2D eigenvalue weighted by Crippen LogP contribution is -2.37. The topological polar surface area (TPSA) is 49.3 Å². The molecule has 0 spiro atoms. The molecule has 0 radical (unpaired) electrons. The quantitative estimate of drug-likeness (QED) is 0.416. The Morgan fingerprint density at radius 3 is 2.84 bits per heavy atom. The molecular weight excluding hydrogens is 355 g/mol. The van der Waals surface area contributed by atoms with E-state index in [0.717, 1.165) is 47.9 Å². The molecule has 25 heavy (non-hydrogen) atoms. The van der Waals surface area contributed by atoms with E-state index in [1.165, 1.54) is 11.1 Å². The lowest BCUT2D eigenvalue weighted by molar-refractivity contribution is 0.625. The number of guanidine groups is 1. The first-order valence-corrected chi connectivity index (χ1v) is 10.5. The molecule has 2 rings (SSSR count). The zero-order chi connectivity index (χ0) is 18.1. The zero-order valence-electron chi connectivity index (χ0n) is 14.9. The van der Waals surface area contributed by atoms with E-state index in [4.69, 9.17) is 0 Å². The maximum Gasteiger partial charge on any atom is 0.191 e. The van der Waals surface area contributed by atoms with Gasteiger partial charge in [0, 0.05) is 43.4 Å². The van der Waals surface area contributed by atoms with Crippen molar-refractivity contribution in [1.29, 1.82) is 0 Å². The maximum absolute atomic E-state index is 13.4. The molecule has 1 aromatic heterocycles. The molecule has 0 aliphatic heterocycles. The molecule has 0 aliphatic rings. The molecule has 0 atom stereocenters. The fourth-order valence-electron chi connectivity index (χ4n) is 2.42. The van der Waals surface area contributed by atoms with Crippen molar-refractivity contribution >= 4 is 29.1 Å². The number of aryl methyl sites for hydroxylation is 2. The van der Waals surface area contributed by atoms with Crippen LogP contribution in [0.2, 0.25) is 0 Å². The highest BCUT2D eigenvalue weighted by molar-refractivity contribution is 7.97. The number of hydrogen-bond acceptors (Lipinski definition) is 4. The molecule has 0 saturated heterocycles. The highest BCUT2D eigenvalue weighted by atomic mass is 32.2. The van der Waals surface area contributed by atoms with Crippen molar-refractivity contribution in [3.8, 4) is 0 Å². The second-order valence-corrected chi connectivity index (χ2v) is 7.49. The Labute approximate surface area is 157 Å². The van der Waals surface area contributed by atoms with Crippen LogP contribution in [0.25, 0.3) is 0 Å². The van der Waals surface area contributed by atoms with Crippen LogP contribution in [0.3, 0.4) is 0 Å². The van der Waals surface area contributed by atoms with Crippen LogP contribution in [-0.2, 0) is 18.7 Å². The summed E-state index contributed by atoms with van der Waals surface area (Å²) in [5, 5.41) is 9.87. The normalized spacial score (nSPS) is 11.6. The number of nitrogens with zero attached hydrogens (tertiary/aromatic N) is 2. The van der Waals surface area contributed by atoms with E-state index in [0.29, 0.717) is 6.54 Å². The first-order chi connectivity index (χ1) is 12.1. The standard InChI is InChI=1S/C18H25FN4S2/c1-13-11-25-17(23-13)5-4-8-21-18(20-2)22-10-14-6-7-16(19)9-15(14)12-24-3/h6-7,9,11H,4-5,8,10,12H2,1-3H3,(H2,20,21,22). The third-order valence-corrected chi connectivity index (χ3v) is 5.29. The highest BCUT2D eigenvalue weighted by Crippen LogP contribution is 2.16. The number of hydrogen-bond donors (Lipinski definition) is 2. The third kappa shape index (κ3) is 6.66. The summed E-state index contributed by atoms with van der Waals surface area (Å²) < 4.78 is 13.4. The summed E-state index contributed by atoms with van der Waals surface area (Å²) in [5.74, 6) is 1.37. The van der Waals surface area contributed by atoms with Crippen LogP contribution in [0.15, 0.2) is 28.6 Å². The third-order valence-electron chi connectivity index (χ3n) is 3.66. The van der Waals surface area contributed by atoms with Crippen molar-refractivity contribution in [2.45, 2.75) is 32.1 Å². The zero-order valence-corrected chi connectivity index (χ0v) is 16.6. The molecule has 1 aromatic carbocycles. The summed E-state index contributed by atoms with van der Waals surface area (Å²) >= 11 is 3.40. The lowest BCUT2D eigenvalue weighted by atomic mass is 10.1. The van der Waals surface area contributed by atoms with E-state index in [1.807, 2.05) is 19.2 Å². The highest BCUT2D eigenvalue weighted by Gasteiger charge is 2.06. The first-order valence-electron chi connectivity index (χ1n) is 8.24. The van der Waals surface area contributed by atoms with Crippen LogP contribution < -0.4 is 10.6 Å². The molecule has 0 unspecified atom stereocenters. The molecule has 0 aliphatic carbocycles. The number of nitrogens with one attached hydrogen (secondary N) is 2. The number of thiazole rings is 1. The molecule has 1 heterocycles. The van der Waals surface area contributed by atoms with Crippen molar-refractivity contribution in [3.05, 3.63) is 51.2 Å². The van der Waals surface area contributed by atoms with Crippen LogP contribution in [0, 0.1) is 12.7 Å². The predicted octanol–water partition coefficient (Wildman–Crippen LogP) is 3.75. The second-order valence-electron chi connectivity index (χ2n) is 5.68. The summed E-state index contributed by atoms with van der Waals surface area (Å²) in [6.45, 7) is 3.48. The molecule has 4 nitrogen and oxygen atoms in total. The van der Waals surface area contributed by atoms with Crippen molar-refractivity contribution in [3.63, 3.8) is 0 Å². The van der Waals surface area contributed by atoms with Gasteiger partial charge in [0.1, 0.15) is 5.82 Å². The monoisotopic (exact) mass is 380 g/mol. The fraction of sp³-hybridized carbons (Fsp3) is 0.444. The number of halogens is 1. The van der Waals surface area contributed by atoms with E-state index in [1.54, 1.807) is 36.2 Å². The maximum atomic E-state index is 13.4. The Hall–Kier alpha value is -1.60. The van der Waals surface area contributed by atoms with Gasteiger partial charge in [0.15, 0.2) is 5.96 Å². The molecule has 2 aromatic rings. The molecule has 0 saturated carbocycles. The van der Waals surface area contributed by atoms with E-state index in [9.17, 15) is 4.39 Å². The second kappa shape index (κ2) is 10.4. The molecule has 0 fully saturated rings. The fourth-order valence-corrected chi connectivity index (χ4v) is 3.82. The van der Waals surface area contributed by atoms with Gasteiger partial charge in [-0.15, -0.1) is 11.3 Å². The number of aromatic nitrogens is 1. The van der Waals surface area contributed by atoms with Gasteiger partial charge in [0.2, 0.25) is 0 Å². The van der Waals surface area contributed by atoms with Crippen molar-refractivity contribution in [1.82, 2.24) is 15.6 Å². The molecule has 0 bridgehead atoms. The van der Waals surface area contributed by atoms with Gasteiger partial charge in [-0.3, -0.25) is 4.99 Å². The van der Waals surface area contributed by atoms with Crippen LogP contribution in [0.1, 0.15) is 28.2 Å². The summed E-state index contributed by atoms with van der Waals surface area (Å²) in [4.78, 5) is 8.72. The minimum absolute atomic E-state index is 0.187. The van der Waals surface area contributed by atoms with E-state index in [-0.39, 0.29) is 5.82 Å². The van der Waals surface area contributed by atoms with Gasteiger partial charge < -0.3 is 10.6 Å². The molecule has 7 heteroatoms. The summed E-state index contributed by atoms with van der Waals surface area (Å²) in [7, 11) is 1.76. The summed E-state index contributed by atoms with van der Waals surface area (Å²) in [5.41, 5.74) is 3.21. The van der Waals surface area contributed by atoms with Crippen molar-refractivity contribution < 1.29 is 4.39 Å². The molecule has 0 amide bonds. The number of benzene rings is 1. The SMILES string of the molecule is CN=C(NCCCc1nc(C)cs1)NCc1ccc(F)cc1CSC. The number of thioether (sulfide) groups is 1. The first kappa shape index (κ1) is 19.7. The molecule has 136 valence electrons. The van der Waals surface area contributed by atoms with Gasteiger partial charge in [-0.2, -0.15) is 11.8 Å². The Morgan fingerprint density at radius 2 is 2.16 bits per heavy atom. The van der Waals surface area contributed by atoms with Crippen LogP contribution in [-0.4, -0.2) is 30.8 Å². The summed E-state index contributed by atoms with van der Waals surface area (Å²) in [6.07, 6.45) is 3.99. The largest absolute Gasteiger partial charge is 0.356 e. The van der Waals surface area contributed by atoms with Gasteiger partial charge in [-0.1, -0.05) is 6.07 Å². The van der Waals surface area contributed by atoms with Gasteiger partial charge in [0.25, 0.3) is 0 Å². The minimum Gasteiger partial charge on any atom is -0.356 e. The number of rotatable bonds is 8. The van der Waals surface area contributed by atoms with E-state index in [2.05, 4.69) is 26.0 Å². The minimum atomic E-state index is -0.187. The van der Waals surface area contributed by atoms with Gasteiger partial charge in [0.05, 0.1) is 5.01 Å². The van der Waals surface area contributed by atoms with Gasteiger partial charge >= 0.3 is 0 Å². The Morgan fingerprint density at radius 1 is 1.32 bits per heavy atom.